The summed E-state index contributed by atoms with van der Waals surface area (Å²) >= 11 is 0. The Hall–Kier alpha value is -1.14. The molecule has 0 bridgehead atoms. The van der Waals surface area contributed by atoms with E-state index in [0.29, 0.717) is 19.6 Å². The number of hydrogen-bond acceptors (Lipinski definition) is 5. The number of carbonyl (C=O) groups excluding carboxylic acids is 2. The highest BCUT2D eigenvalue weighted by atomic mass is 16.7. The Kier molecular flexibility index (Phi) is 3.81. The molecule has 2 heterocycles. The van der Waals surface area contributed by atoms with Gasteiger partial charge in [0.25, 0.3) is 0 Å². The molecule has 6 heteroatoms. The van der Waals surface area contributed by atoms with Gasteiger partial charge >= 0.3 is 6.09 Å². The molecule has 0 N–H and O–H groups in total. The van der Waals surface area contributed by atoms with Gasteiger partial charge in [-0.1, -0.05) is 0 Å². The van der Waals surface area contributed by atoms with E-state index in [4.69, 9.17) is 14.2 Å². The molecule has 20 heavy (non-hydrogen) atoms. The number of rotatable bonds is 1. The van der Waals surface area contributed by atoms with Gasteiger partial charge in [-0.25, -0.2) is 9.69 Å². The Bertz CT molecular complexity index is 412. The Balaban J connectivity index is 1.96. The molecule has 0 aromatic carbocycles. The first-order valence-corrected chi connectivity index (χ1v) is 6.92. The summed E-state index contributed by atoms with van der Waals surface area (Å²) < 4.78 is 16.5. The van der Waals surface area contributed by atoms with Gasteiger partial charge in [0, 0.05) is 18.9 Å². The van der Waals surface area contributed by atoms with Crippen molar-refractivity contribution in [3.05, 3.63) is 0 Å². The lowest BCUT2D eigenvalue weighted by Gasteiger charge is -2.24. The zero-order chi connectivity index (χ0) is 15.1. The molecule has 0 aromatic heterocycles. The van der Waals surface area contributed by atoms with E-state index < -0.39 is 17.5 Å². The van der Waals surface area contributed by atoms with E-state index in [1.165, 1.54) is 4.90 Å². The van der Waals surface area contributed by atoms with Crippen LogP contribution in [-0.2, 0) is 19.0 Å². The summed E-state index contributed by atoms with van der Waals surface area (Å²) in [6.07, 6.45) is -0.437. The molecule has 2 rings (SSSR count). The van der Waals surface area contributed by atoms with Crippen molar-refractivity contribution in [2.45, 2.75) is 58.5 Å². The second-order valence-electron chi connectivity index (χ2n) is 6.82. The fourth-order valence-corrected chi connectivity index (χ4v) is 2.43. The van der Waals surface area contributed by atoms with Crippen molar-refractivity contribution in [3.8, 4) is 0 Å². The summed E-state index contributed by atoms with van der Waals surface area (Å²) in [5.74, 6) is -0.859. The van der Waals surface area contributed by atoms with Crippen molar-refractivity contribution in [1.82, 2.24) is 4.90 Å². The first kappa shape index (κ1) is 15.3. The standard InChI is InChI=1S/C14H23NO5/c1-13(2,3)20-12(17)15-7-9(6-11(15)16)10-8-18-14(4,5)19-10/h9-10H,6-8H2,1-5H3. The highest BCUT2D eigenvalue weighted by Gasteiger charge is 2.45. The van der Waals surface area contributed by atoms with Gasteiger partial charge in [-0.15, -0.1) is 0 Å². The molecule has 2 aliphatic heterocycles. The first-order chi connectivity index (χ1) is 9.07. The topological polar surface area (TPSA) is 65.1 Å². The van der Waals surface area contributed by atoms with Gasteiger partial charge in [-0.05, 0) is 34.6 Å². The summed E-state index contributed by atoms with van der Waals surface area (Å²) in [5.41, 5.74) is -0.607. The minimum atomic E-state index is -0.618. The molecule has 114 valence electrons. The lowest BCUT2D eigenvalue weighted by molar-refractivity contribution is -0.144. The van der Waals surface area contributed by atoms with E-state index in [9.17, 15) is 9.59 Å². The van der Waals surface area contributed by atoms with Crippen LogP contribution < -0.4 is 0 Å². The van der Waals surface area contributed by atoms with Gasteiger partial charge in [0.2, 0.25) is 5.91 Å². The maximum Gasteiger partial charge on any atom is 0.417 e. The van der Waals surface area contributed by atoms with Crippen molar-refractivity contribution in [1.29, 1.82) is 0 Å². The normalized spacial score (nSPS) is 29.9. The molecule has 0 saturated carbocycles. The fourth-order valence-electron chi connectivity index (χ4n) is 2.43. The zero-order valence-corrected chi connectivity index (χ0v) is 12.8. The van der Waals surface area contributed by atoms with Gasteiger partial charge in [-0.3, -0.25) is 4.79 Å². The average molecular weight is 285 g/mol. The summed E-state index contributed by atoms with van der Waals surface area (Å²) in [4.78, 5) is 25.1. The molecular formula is C14H23NO5. The third-order valence-corrected chi connectivity index (χ3v) is 3.33. The van der Waals surface area contributed by atoms with Crippen molar-refractivity contribution in [2.75, 3.05) is 13.2 Å². The van der Waals surface area contributed by atoms with Crippen molar-refractivity contribution < 1.29 is 23.8 Å². The number of ether oxygens (including phenoxy) is 3. The first-order valence-electron chi connectivity index (χ1n) is 6.92. The molecule has 2 aliphatic rings. The SMILES string of the molecule is CC(C)(C)OC(=O)N1CC(C2COC(C)(C)O2)CC1=O. The Morgan fingerprint density at radius 1 is 1.40 bits per heavy atom. The molecular weight excluding hydrogens is 262 g/mol. The second kappa shape index (κ2) is 5.00. The number of carbonyl (C=O) groups is 2. The van der Waals surface area contributed by atoms with Crippen LogP contribution >= 0.6 is 0 Å². The van der Waals surface area contributed by atoms with E-state index >= 15 is 0 Å². The van der Waals surface area contributed by atoms with Crippen LogP contribution in [0.25, 0.3) is 0 Å². The van der Waals surface area contributed by atoms with E-state index in [-0.39, 0.29) is 17.9 Å². The molecule has 2 fully saturated rings. The molecule has 0 aromatic rings. The third-order valence-electron chi connectivity index (χ3n) is 3.33. The lowest BCUT2D eigenvalue weighted by atomic mass is 10.0. The largest absolute Gasteiger partial charge is 0.443 e. The van der Waals surface area contributed by atoms with Gasteiger partial charge in [0.15, 0.2) is 5.79 Å². The monoisotopic (exact) mass is 285 g/mol. The maximum absolute atomic E-state index is 12.0. The summed E-state index contributed by atoms with van der Waals surface area (Å²) in [5, 5.41) is 0. The average Bonchev–Trinajstić information content (AvgIpc) is 2.79. The number of hydrogen-bond donors (Lipinski definition) is 0. The minimum Gasteiger partial charge on any atom is -0.443 e. The number of imide groups is 1. The smallest absolute Gasteiger partial charge is 0.417 e. The van der Waals surface area contributed by atoms with Crippen LogP contribution in [0.15, 0.2) is 0 Å². The van der Waals surface area contributed by atoms with Crippen molar-refractivity contribution >= 4 is 12.0 Å². The predicted octanol–water partition coefficient (Wildman–Crippen LogP) is 1.92. The van der Waals surface area contributed by atoms with Crippen LogP contribution in [0.4, 0.5) is 4.79 Å². The van der Waals surface area contributed by atoms with E-state index in [1.54, 1.807) is 20.8 Å². The molecule has 0 aliphatic carbocycles. The van der Waals surface area contributed by atoms with Gasteiger partial charge in [0.05, 0.1) is 12.7 Å². The zero-order valence-electron chi connectivity index (χ0n) is 12.8. The van der Waals surface area contributed by atoms with Crippen LogP contribution in [0.2, 0.25) is 0 Å². The third kappa shape index (κ3) is 3.49. The van der Waals surface area contributed by atoms with Gasteiger partial charge in [0.1, 0.15) is 5.60 Å². The van der Waals surface area contributed by atoms with E-state index in [0.717, 1.165) is 0 Å². The molecule has 0 radical (unpaired) electrons. The number of likely N-dealkylation sites (tertiary alicyclic amines) is 1. The summed E-state index contributed by atoms with van der Waals surface area (Å²) in [6.45, 7) is 9.80. The number of nitrogens with zero attached hydrogens (tertiary/aromatic N) is 1. The predicted molar refractivity (Wildman–Crippen MR) is 71.0 cm³/mol. The highest BCUT2D eigenvalue weighted by molar-refractivity contribution is 5.93. The molecule has 2 saturated heterocycles. The van der Waals surface area contributed by atoms with Gasteiger partial charge < -0.3 is 14.2 Å². The van der Waals surface area contributed by atoms with E-state index in [2.05, 4.69) is 0 Å². The Morgan fingerprint density at radius 3 is 2.55 bits per heavy atom. The van der Waals surface area contributed by atoms with Gasteiger partial charge in [-0.2, -0.15) is 0 Å². The molecule has 2 unspecified atom stereocenters. The van der Waals surface area contributed by atoms with Crippen LogP contribution in [0.5, 0.6) is 0 Å². The summed E-state index contributed by atoms with van der Waals surface area (Å²) in [6, 6.07) is 0. The maximum atomic E-state index is 12.0. The van der Waals surface area contributed by atoms with Crippen LogP contribution in [0, 0.1) is 5.92 Å². The van der Waals surface area contributed by atoms with E-state index in [1.807, 2.05) is 13.8 Å². The van der Waals surface area contributed by atoms with Crippen LogP contribution in [0.1, 0.15) is 41.0 Å². The van der Waals surface area contributed by atoms with Crippen molar-refractivity contribution in [3.63, 3.8) is 0 Å². The molecule has 0 spiro atoms. The van der Waals surface area contributed by atoms with Crippen molar-refractivity contribution in [2.24, 2.45) is 5.92 Å². The van der Waals surface area contributed by atoms with Crippen LogP contribution in [-0.4, -0.2) is 47.5 Å². The molecule has 2 amide bonds. The number of amides is 2. The highest BCUT2D eigenvalue weighted by Crippen LogP contribution is 2.32. The Labute approximate surface area is 119 Å². The second-order valence-corrected chi connectivity index (χ2v) is 6.82. The molecule has 6 nitrogen and oxygen atoms in total. The quantitative estimate of drug-likeness (QED) is 0.736. The minimum absolute atomic E-state index is 0.0307. The molecule has 2 atom stereocenters. The fraction of sp³-hybridized carbons (Fsp3) is 0.857. The van der Waals surface area contributed by atoms with Crippen LogP contribution in [0.3, 0.4) is 0 Å². The summed E-state index contributed by atoms with van der Waals surface area (Å²) in [7, 11) is 0. The lowest BCUT2D eigenvalue weighted by Crippen LogP contribution is -2.38. The Morgan fingerprint density at radius 2 is 2.05 bits per heavy atom.